The molecule has 1 N–H and O–H groups in total. The fourth-order valence-electron chi connectivity index (χ4n) is 1.17. The number of hydrogen-bond acceptors (Lipinski definition) is 4. The molecule has 0 aliphatic heterocycles. The molecule has 1 aromatic carbocycles. The number of rotatable bonds is 2. The number of nitrogens with zero attached hydrogens (tertiary/aromatic N) is 2. The molecule has 0 bridgehead atoms. The van der Waals surface area contributed by atoms with Crippen LogP contribution in [0.15, 0.2) is 18.2 Å². The Morgan fingerprint density at radius 3 is 2.71 bits per heavy atom. The van der Waals surface area contributed by atoms with Crippen LogP contribution in [0.2, 0.25) is 0 Å². The Hall–Kier alpha value is -1.14. The van der Waals surface area contributed by atoms with Crippen molar-refractivity contribution < 1.29 is 8.42 Å². The fraction of sp³-hybridized carbons (Fsp3) is 0.143. The predicted molar refractivity (Wildman–Crippen MR) is 52.4 cm³/mol. The molecular formula is C7H6ClN3O2S. The lowest BCUT2D eigenvalue weighted by molar-refractivity contribution is 0.609. The summed E-state index contributed by atoms with van der Waals surface area (Å²) in [5.41, 5.74) is 1.92. The number of aromatic amines is 1. The van der Waals surface area contributed by atoms with Crippen LogP contribution in [-0.2, 0) is 14.8 Å². The topological polar surface area (TPSA) is 75.7 Å². The van der Waals surface area contributed by atoms with Gasteiger partial charge in [0.05, 0.1) is 5.75 Å². The van der Waals surface area contributed by atoms with Gasteiger partial charge in [-0.3, -0.25) is 0 Å². The van der Waals surface area contributed by atoms with Crippen molar-refractivity contribution in [2.45, 2.75) is 5.75 Å². The second-order valence-corrected chi connectivity index (χ2v) is 5.61. The van der Waals surface area contributed by atoms with Crippen molar-refractivity contribution in [1.82, 2.24) is 15.4 Å². The minimum atomic E-state index is -3.52. The maximum Gasteiger partial charge on any atom is 0.236 e. The molecule has 7 heteroatoms. The summed E-state index contributed by atoms with van der Waals surface area (Å²) in [5.74, 6) is -0.197. The Balaban J connectivity index is 2.44. The summed E-state index contributed by atoms with van der Waals surface area (Å²) in [6.07, 6.45) is 0. The molecule has 0 atom stereocenters. The zero-order valence-electron chi connectivity index (χ0n) is 6.94. The Labute approximate surface area is 84.5 Å². The van der Waals surface area contributed by atoms with Crippen LogP contribution in [-0.4, -0.2) is 23.8 Å². The first kappa shape index (κ1) is 9.42. The van der Waals surface area contributed by atoms with Gasteiger partial charge in [-0.25, -0.2) is 8.42 Å². The van der Waals surface area contributed by atoms with E-state index in [0.717, 1.165) is 0 Å². The Morgan fingerprint density at radius 1 is 1.29 bits per heavy atom. The molecule has 0 spiro atoms. The van der Waals surface area contributed by atoms with Crippen molar-refractivity contribution in [3.8, 4) is 0 Å². The predicted octanol–water partition coefficient (Wildman–Crippen LogP) is 1.03. The molecule has 0 aliphatic carbocycles. The number of H-pyrrole nitrogens is 1. The molecule has 1 aromatic heterocycles. The molecule has 0 amide bonds. The molecule has 5 nitrogen and oxygen atoms in total. The first-order valence-electron chi connectivity index (χ1n) is 3.76. The van der Waals surface area contributed by atoms with Crippen molar-refractivity contribution in [3.63, 3.8) is 0 Å². The van der Waals surface area contributed by atoms with Crippen molar-refractivity contribution in [1.29, 1.82) is 0 Å². The molecule has 14 heavy (non-hydrogen) atoms. The van der Waals surface area contributed by atoms with Gasteiger partial charge in [0, 0.05) is 10.7 Å². The number of fused-ring (bicyclic) bond motifs is 1. The van der Waals surface area contributed by atoms with Crippen molar-refractivity contribution in [3.05, 3.63) is 23.8 Å². The summed E-state index contributed by atoms with van der Waals surface area (Å²) >= 11 is 0. The average molecular weight is 232 g/mol. The van der Waals surface area contributed by atoms with Gasteiger partial charge in [-0.1, -0.05) is 6.07 Å². The minimum absolute atomic E-state index is 0.197. The van der Waals surface area contributed by atoms with Crippen LogP contribution < -0.4 is 0 Å². The molecule has 0 aliphatic rings. The molecule has 2 aromatic rings. The SMILES string of the molecule is O=S(=O)(Cl)Cc1ccc2n[nH]nc2c1. The van der Waals surface area contributed by atoms with E-state index >= 15 is 0 Å². The van der Waals surface area contributed by atoms with E-state index in [1.54, 1.807) is 18.2 Å². The van der Waals surface area contributed by atoms with Crippen molar-refractivity contribution in [2.24, 2.45) is 0 Å². The van der Waals surface area contributed by atoms with Gasteiger partial charge in [0.15, 0.2) is 0 Å². The second-order valence-electron chi connectivity index (χ2n) is 2.83. The lowest BCUT2D eigenvalue weighted by Gasteiger charge is -1.96. The summed E-state index contributed by atoms with van der Waals surface area (Å²) in [7, 11) is 1.61. The van der Waals surface area contributed by atoms with E-state index in [1.165, 1.54) is 0 Å². The maximum atomic E-state index is 10.8. The largest absolute Gasteiger partial charge is 0.236 e. The van der Waals surface area contributed by atoms with Gasteiger partial charge >= 0.3 is 0 Å². The average Bonchev–Trinajstić information content (AvgIpc) is 2.47. The van der Waals surface area contributed by atoms with Gasteiger partial charge in [-0.05, 0) is 17.7 Å². The van der Waals surface area contributed by atoms with E-state index in [9.17, 15) is 8.42 Å². The zero-order valence-corrected chi connectivity index (χ0v) is 8.51. The smallest absolute Gasteiger partial charge is 0.212 e. The van der Waals surface area contributed by atoms with Gasteiger partial charge in [-0.15, -0.1) is 0 Å². The third kappa shape index (κ3) is 2.02. The Morgan fingerprint density at radius 2 is 2.00 bits per heavy atom. The summed E-state index contributed by atoms with van der Waals surface area (Å²) in [6, 6.07) is 4.99. The molecule has 0 saturated heterocycles. The van der Waals surface area contributed by atoms with E-state index in [1.807, 2.05) is 0 Å². The van der Waals surface area contributed by atoms with Crippen LogP contribution in [0.4, 0.5) is 0 Å². The Kier molecular flexibility index (Phi) is 2.16. The molecule has 1 heterocycles. The lowest BCUT2D eigenvalue weighted by Crippen LogP contribution is -1.94. The quantitative estimate of drug-likeness (QED) is 0.784. The van der Waals surface area contributed by atoms with E-state index in [2.05, 4.69) is 15.4 Å². The molecule has 0 radical (unpaired) electrons. The van der Waals surface area contributed by atoms with Gasteiger partial charge in [-0.2, -0.15) is 15.4 Å². The number of halogens is 1. The van der Waals surface area contributed by atoms with Crippen molar-refractivity contribution in [2.75, 3.05) is 0 Å². The molecule has 0 unspecified atom stereocenters. The Bertz CT molecular complexity index is 563. The summed E-state index contributed by atoms with van der Waals surface area (Å²) in [4.78, 5) is 0. The molecule has 0 fully saturated rings. The first-order valence-corrected chi connectivity index (χ1v) is 6.24. The molecule has 74 valence electrons. The first-order chi connectivity index (χ1) is 6.54. The number of nitrogens with one attached hydrogen (secondary N) is 1. The fourth-order valence-corrected chi connectivity index (χ4v) is 2.13. The lowest BCUT2D eigenvalue weighted by atomic mass is 10.2. The maximum absolute atomic E-state index is 10.8. The molecule has 0 saturated carbocycles. The highest BCUT2D eigenvalue weighted by Gasteiger charge is 2.08. The minimum Gasteiger partial charge on any atom is -0.212 e. The highest BCUT2D eigenvalue weighted by molar-refractivity contribution is 8.13. The van der Waals surface area contributed by atoms with Crippen LogP contribution in [0.5, 0.6) is 0 Å². The van der Waals surface area contributed by atoms with Gasteiger partial charge in [0.25, 0.3) is 0 Å². The second kappa shape index (κ2) is 3.21. The number of benzene rings is 1. The zero-order chi connectivity index (χ0) is 10.2. The van der Waals surface area contributed by atoms with Crippen LogP contribution in [0.1, 0.15) is 5.56 Å². The van der Waals surface area contributed by atoms with E-state index in [-0.39, 0.29) is 5.75 Å². The van der Waals surface area contributed by atoms with E-state index in [4.69, 9.17) is 10.7 Å². The number of hydrogen-bond donors (Lipinski definition) is 1. The third-order valence-corrected chi connectivity index (χ3v) is 2.73. The van der Waals surface area contributed by atoms with Gasteiger partial charge < -0.3 is 0 Å². The van der Waals surface area contributed by atoms with Crippen LogP contribution >= 0.6 is 10.7 Å². The van der Waals surface area contributed by atoms with Crippen molar-refractivity contribution >= 4 is 30.8 Å². The van der Waals surface area contributed by atoms with Crippen LogP contribution in [0.3, 0.4) is 0 Å². The summed E-state index contributed by atoms with van der Waals surface area (Å²) in [6.45, 7) is 0. The molecule has 2 rings (SSSR count). The van der Waals surface area contributed by atoms with Crippen LogP contribution in [0.25, 0.3) is 11.0 Å². The summed E-state index contributed by atoms with van der Waals surface area (Å²) in [5, 5.41) is 10.1. The standard InChI is InChI=1S/C7H6ClN3O2S/c8-14(12,13)4-5-1-2-6-7(3-5)10-11-9-6/h1-3H,4H2,(H,9,10,11). The van der Waals surface area contributed by atoms with E-state index in [0.29, 0.717) is 16.6 Å². The van der Waals surface area contributed by atoms with E-state index < -0.39 is 9.05 Å². The highest BCUT2D eigenvalue weighted by Crippen LogP contribution is 2.14. The number of aromatic nitrogens is 3. The van der Waals surface area contributed by atoms with Crippen LogP contribution in [0, 0.1) is 0 Å². The third-order valence-electron chi connectivity index (χ3n) is 1.72. The van der Waals surface area contributed by atoms with Gasteiger partial charge in [0.1, 0.15) is 11.0 Å². The molecular weight excluding hydrogens is 226 g/mol. The normalized spacial score (nSPS) is 12.1. The monoisotopic (exact) mass is 231 g/mol. The summed E-state index contributed by atoms with van der Waals surface area (Å²) < 4.78 is 21.6. The van der Waals surface area contributed by atoms with Gasteiger partial charge in [0.2, 0.25) is 9.05 Å². The highest BCUT2D eigenvalue weighted by atomic mass is 35.7.